The highest BCUT2D eigenvalue weighted by atomic mass is 35.5. The number of rotatable bonds is 1. The summed E-state index contributed by atoms with van der Waals surface area (Å²) in [5, 5.41) is 4.00. The van der Waals surface area contributed by atoms with Crippen molar-refractivity contribution in [3.05, 3.63) is 23.2 Å². The molecule has 1 aromatic carbocycles. The molecule has 4 N–H and O–H groups in total. The minimum atomic E-state index is 0.0689. The third-order valence-corrected chi connectivity index (χ3v) is 1.92. The Morgan fingerprint density at radius 3 is 2.71 bits per heavy atom. The second-order valence-electron chi connectivity index (χ2n) is 2.69. The van der Waals surface area contributed by atoms with Crippen molar-refractivity contribution >= 4 is 23.2 Å². The van der Waals surface area contributed by atoms with Gasteiger partial charge in [0, 0.05) is 10.7 Å². The standard InChI is InChI=1S/C8H7ClN4O/c9-4-1-2-6(10)5(3-4)7-12-8(11)13-14-7/h1-3H,10H2,(H2,11,13). The normalized spacial score (nSPS) is 10.4. The Hall–Kier alpha value is -1.75. The molecule has 1 heterocycles. The lowest BCUT2D eigenvalue weighted by molar-refractivity contribution is 0.433. The van der Waals surface area contributed by atoms with Gasteiger partial charge in [0.1, 0.15) is 0 Å². The van der Waals surface area contributed by atoms with Gasteiger partial charge >= 0.3 is 0 Å². The van der Waals surface area contributed by atoms with Gasteiger partial charge < -0.3 is 16.0 Å². The van der Waals surface area contributed by atoms with Crippen LogP contribution in [0.4, 0.5) is 11.6 Å². The Bertz CT molecular complexity index is 468. The maximum atomic E-state index is 5.80. The van der Waals surface area contributed by atoms with Crippen molar-refractivity contribution < 1.29 is 4.52 Å². The molecule has 2 rings (SSSR count). The lowest BCUT2D eigenvalue weighted by Crippen LogP contribution is -1.90. The highest BCUT2D eigenvalue weighted by molar-refractivity contribution is 6.31. The topological polar surface area (TPSA) is 91.0 Å². The lowest BCUT2D eigenvalue weighted by Gasteiger charge is -1.99. The molecular weight excluding hydrogens is 204 g/mol. The largest absolute Gasteiger partial charge is 0.398 e. The summed E-state index contributed by atoms with van der Waals surface area (Å²) in [5.74, 6) is 0.335. The highest BCUT2D eigenvalue weighted by Crippen LogP contribution is 2.27. The first-order chi connectivity index (χ1) is 6.66. The quantitative estimate of drug-likeness (QED) is 0.697. The maximum Gasteiger partial charge on any atom is 0.261 e. The van der Waals surface area contributed by atoms with E-state index < -0.39 is 0 Å². The minimum absolute atomic E-state index is 0.0689. The maximum absolute atomic E-state index is 5.80. The molecule has 0 amide bonds. The fraction of sp³-hybridized carbons (Fsp3) is 0. The second kappa shape index (κ2) is 3.19. The van der Waals surface area contributed by atoms with Crippen LogP contribution in [0, 0.1) is 0 Å². The molecule has 0 aliphatic carbocycles. The van der Waals surface area contributed by atoms with Gasteiger partial charge in [0.05, 0.1) is 5.56 Å². The van der Waals surface area contributed by atoms with E-state index in [0.717, 1.165) is 0 Å². The molecule has 0 aliphatic rings. The van der Waals surface area contributed by atoms with Crippen LogP contribution >= 0.6 is 11.6 Å². The monoisotopic (exact) mass is 210 g/mol. The summed E-state index contributed by atoms with van der Waals surface area (Å²) in [6.07, 6.45) is 0. The van der Waals surface area contributed by atoms with E-state index in [2.05, 4.69) is 10.1 Å². The first-order valence-corrected chi connectivity index (χ1v) is 4.19. The predicted octanol–water partition coefficient (Wildman–Crippen LogP) is 1.55. The number of hydrogen-bond acceptors (Lipinski definition) is 5. The first-order valence-electron chi connectivity index (χ1n) is 3.81. The SMILES string of the molecule is Nc1noc(-c2cc(Cl)ccc2N)n1. The molecule has 5 nitrogen and oxygen atoms in total. The molecule has 0 fully saturated rings. The summed E-state index contributed by atoms with van der Waals surface area (Å²) < 4.78 is 4.86. The van der Waals surface area contributed by atoms with Crippen LogP contribution in [-0.4, -0.2) is 10.1 Å². The van der Waals surface area contributed by atoms with Crippen molar-refractivity contribution in [1.82, 2.24) is 10.1 Å². The van der Waals surface area contributed by atoms with Gasteiger partial charge in [-0.05, 0) is 23.4 Å². The second-order valence-corrected chi connectivity index (χ2v) is 3.13. The summed E-state index contributed by atoms with van der Waals surface area (Å²) in [7, 11) is 0. The lowest BCUT2D eigenvalue weighted by atomic mass is 10.2. The number of benzene rings is 1. The number of aromatic nitrogens is 2. The van der Waals surface area contributed by atoms with Gasteiger partial charge in [0.15, 0.2) is 0 Å². The van der Waals surface area contributed by atoms with Crippen LogP contribution in [0.25, 0.3) is 11.5 Å². The number of nitrogens with two attached hydrogens (primary N) is 2. The van der Waals surface area contributed by atoms with Gasteiger partial charge in [0.2, 0.25) is 0 Å². The Labute approximate surface area is 84.7 Å². The summed E-state index contributed by atoms with van der Waals surface area (Å²) in [5.41, 5.74) is 12.1. The van der Waals surface area contributed by atoms with Gasteiger partial charge in [0.25, 0.3) is 11.8 Å². The molecule has 0 saturated heterocycles. The van der Waals surface area contributed by atoms with Gasteiger partial charge in [-0.25, -0.2) is 0 Å². The smallest absolute Gasteiger partial charge is 0.261 e. The van der Waals surface area contributed by atoms with Gasteiger partial charge in [-0.2, -0.15) is 4.98 Å². The van der Waals surface area contributed by atoms with Crippen LogP contribution in [0.1, 0.15) is 0 Å². The Morgan fingerprint density at radius 2 is 2.07 bits per heavy atom. The Morgan fingerprint density at radius 1 is 1.29 bits per heavy atom. The number of hydrogen-bond donors (Lipinski definition) is 2. The number of nitrogen functional groups attached to an aromatic ring is 2. The average molecular weight is 211 g/mol. The number of anilines is 2. The van der Waals surface area contributed by atoms with E-state index in [0.29, 0.717) is 16.3 Å². The number of nitrogens with zero attached hydrogens (tertiary/aromatic N) is 2. The molecule has 72 valence electrons. The molecule has 0 spiro atoms. The van der Waals surface area contributed by atoms with E-state index in [9.17, 15) is 0 Å². The Balaban J connectivity index is 2.55. The zero-order chi connectivity index (χ0) is 10.1. The Kier molecular flexibility index (Phi) is 2.01. The van der Waals surface area contributed by atoms with Crippen molar-refractivity contribution in [3.8, 4) is 11.5 Å². The molecule has 14 heavy (non-hydrogen) atoms. The van der Waals surface area contributed by atoms with Crippen LogP contribution in [0.2, 0.25) is 5.02 Å². The van der Waals surface area contributed by atoms with E-state index >= 15 is 0 Å². The van der Waals surface area contributed by atoms with E-state index in [-0.39, 0.29) is 11.8 Å². The van der Waals surface area contributed by atoms with Crippen molar-refractivity contribution in [2.45, 2.75) is 0 Å². The predicted molar refractivity (Wildman–Crippen MR) is 53.6 cm³/mol. The fourth-order valence-corrected chi connectivity index (χ4v) is 1.23. The summed E-state index contributed by atoms with van der Waals surface area (Å²) in [6.45, 7) is 0. The molecule has 0 radical (unpaired) electrons. The third kappa shape index (κ3) is 1.49. The molecule has 0 atom stereocenters. The first kappa shape index (κ1) is 8.83. The van der Waals surface area contributed by atoms with Gasteiger partial charge in [-0.15, -0.1) is 0 Å². The average Bonchev–Trinajstić information content (AvgIpc) is 2.56. The van der Waals surface area contributed by atoms with Gasteiger partial charge in [-0.3, -0.25) is 0 Å². The van der Waals surface area contributed by atoms with Crippen molar-refractivity contribution in [3.63, 3.8) is 0 Å². The summed E-state index contributed by atoms with van der Waals surface area (Å²) in [4.78, 5) is 3.84. The molecule has 6 heteroatoms. The van der Waals surface area contributed by atoms with Crippen LogP contribution in [-0.2, 0) is 0 Å². The molecule has 0 saturated carbocycles. The molecule has 0 unspecified atom stereocenters. The minimum Gasteiger partial charge on any atom is -0.398 e. The highest BCUT2D eigenvalue weighted by Gasteiger charge is 2.10. The van der Waals surface area contributed by atoms with E-state index in [1.807, 2.05) is 0 Å². The van der Waals surface area contributed by atoms with Crippen LogP contribution in [0.3, 0.4) is 0 Å². The zero-order valence-electron chi connectivity index (χ0n) is 7.07. The summed E-state index contributed by atoms with van der Waals surface area (Å²) >= 11 is 5.80. The zero-order valence-corrected chi connectivity index (χ0v) is 7.82. The van der Waals surface area contributed by atoms with Crippen LogP contribution in [0.15, 0.2) is 22.7 Å². The molecule has 0 aliphatic heterocycles. The van der Waals surface area contributed by atoms with Crippen molar-refractivity contribution in [2.24, 2.45) is 0 Å². The molecule has 1 aromatic heterocycles. The van der Waals surface area contributed by atoms with Crippen LogP contribution < -0.4 is 11.5 Å². The molecule has 0 bridgehead atoms. The van der Waals surface area contributed by atoms with E-state index in [4.69, 9.17) is 27.6 Å². The number of halogens is 1. The molecular formula is C8H7ClN4O. The van der Waals surface area contributed by atoms with Crippen molar-refractivity contribution in [1.29, 1.82) is 0 Å². The summed E-state index contributed by atoms with van der Waals surface area (Å²) in [6, 6.07) is 4.99. The van der Waals surface area contributed by atoms with Crippen molar-refractivity contribution in [2.75, 3.05) is 11.5 Å². The van der Waals surface area contributed by atoms with E-state index in [1.165, 1.54) is 0 Å². The third-order valence-electron chi connectivity index (χ3n) is 1.69. The fourth-order valence-electron chi connectivity index (χ4n) is 1.06. The van der Waals surface area contributed by atoms with Crippen LogP contribution in [0.5, 0.6) is 0 Å². The molecule has 2 aromatic rings. The van der Waals surface area contributed by atoms with E-state index in [1.54, 1.807) is 18.2 Å². The van der Waals surface area contributed by atoms with Gasteiger partial charge in [-0.1, -0.05) is 11.6 Å².